The third-order valence-corrected chi connectivity index (χ3v) is 5.46. The highest BCUT2D eigenvalue weighted by Crippen LogP contribution is 2.28. The number of aromatic nitrogens is 1. The molecule has 2 atom stereocenters. The van der Waals surface area contributed by atoms with Crippen LogP contribution in [0, 0.1) is 5.92 Å². The first-order valence-electron chi connectivity index (χ1n) is 9.31. The van der Waals surface area contributed by atoms with Gasteiger partial charge in [0, 0.05) is 17.8 Å². The lowest BCUT2D eigenvalue weighted by molar-refractivity contribution is 0.0906. The van der Waals surface area contributed by atoms with Crippen molar-refractivity contribution >= 4 is 23.5 Å². The molecule has 0 bridgehead atoms. The molecular formula is C21H21N3O3. The molecule has 2 heterocycles. The molecule has 1 fully saturated rings. The van der Waals surface area contributed by atoms with Crippen molar-refractivity contribution in [3.05, 3.63) is 59.3 Å². The summed E-state index contributed by atoms with van der Waals surface area (Å²) in [5.74, 6) is -0.338. The predicted molar refractivity (Wildman–Crippen MR) is 101 cm³/mol. The quantitative estimate of drug-likeness (QED) is 0.850. The second-order valence-corrected chi connectivity index (χ2v) is 7.24. The summed E-state index contributed by atoms with van der Waals surface area (Å²) in [6.45, 7) is 2.15. The van der Waals surface area contributed by atoms with Crippen molar-refractivity contribution in [1.82, 2.24) is 10.3 Å². The molecule has 1 aliphatic heterocycles. The molecule has 138 valence electrons. The van der Waals surface area contributed by atoms with E-state index in [1.807, 2.05) is 0 Å². The summed E-state index contributed by atoms with van der Waals surface area (Å²) in [6, 6.07) is 9.88. The number of anilines is 1. The maximum Gasteiger partial charge on any atom is 0.267 e. The molecule has 1 aromatic carbocycles. The number of nitrogens with one attached hydrogen (secondary N) is 1. The zero-order chi connectivity index (χ0) is 19.0. The van der Waals surface area contributed by atoms with Gasteiger partial charge in [-0.2, -0.15) is 0 Å². The lowest BCUT2D eigenvalue weighted by Gasteiger charge is -2.29. The van der Waals surface area contributed by atoms with Crippen molar-refractivity contribution in [3.63, 3.8) is 0 Å². The minimum Gasteiger partial charge on any atom is -0.349 e. The van der Waals surface area contributed by atoms with Gasteiger partial charge in [0.15, 0.2) is 0 Å². The Hall–Kier alpha value is -3.02. The first-order chi connectivity index (χ1) is 13.1. The number of hydrogen-bond acceptors (Lipinski definition) is 4. The van der Waals surface area contributed by atoms with Gasteiger partial charge in [-0.05, 0) is 49.1 Å². The normalized spacial score (nSPS) is 21.9. The van der Waals surface area contributed by atoms with Gasteiger partial charge in [0.05, 0.1) is 11.1 Å². The Morgan fingerprint density at radius 1 is 1.07 bits per heavy atom. The number of hydrogen-bond donors (Lipinski definition) is 1. The summed E-state index contributed by atoms with van der Waals surface area (Å²) in [5, 5.41) is 3.08. The van der Waals surface area contributed by atoms with Gasteiger partial charge in [-0.25, -0.2) is 9.88 Å². The Bertz CT molecular complexity index is 910. The molecule has 0 spiro atoms. The van der Waals surface area contributed by atoms with Gasteiger partial charge in [0.1, 0.15) is 5.82 Å². The summed E-state index contributed by atoms with van der Waals surface area (Å²) >= 11 is 0. The number of pyridine rings is 1. The molecule has 1 saturated carbocycles. The van der Waals surface area contributed by atoms with E-state index in [0.29, 0.717) is 17.0 Å². The molecule has 1 aliphatic carbocycles. The first-order valence-corrected chi connectivity index (χ1v) is 9.31. The predicted octanol–water partition coefficient (Wildman–Crippen LogP) is 3.19. The van der Waals surface area contributed by atoms with Crippen LogP contribution in [0.15, 0.2) is 42.6 Å². The fourth-order valence-electron chi connectivity index (χ4n) is 3.86. The van der Waals surface area contributed by atoms with Crippen LogP contribution >= 0.6 is 0 Å². The SMILES string of the molecule is CC1CCCCC1NC(=O)c1ccc2c(c1)C(=O)N(c1ccccn1)C2=O. The molecule has 0 saturated heterocycles. The Kier molecular flexibility index (Phi) is 4.48. The monoisotopic (exact) mass is 363 g/mol. The molecule has 1 aromatic heterocycles. The third-order valence-electron chi connectivity index (χ3n) is 5.46. The number of imide groups is 1. The van der Waals surface area contributed by atoms with Crippen LogP contribution in [-0.4, -0.2) is 28.7 Å². The van der Waals surface area contributed by atoms with E-state index in [9.17, 15) is 14.4 Å². The highest BCUT2D eigenvalue weighted by molar-refractivity contribution is 6.34. The first kappa shape index (κ1) is 17.4. The van der Waals surface area contributed by atoms with E-state index in [0.717, 1.165) is 24.2 Å². The van der Waals surface area contributed by atoms with Crippen molar-refractivity contribution in [1.29, 1.82) is 0 Å². The van der Waals surface area contributed by atoms with Crippen molar-refractivity contribution in [2.45, 2.75) is 38.6 Å². The minimum atomic E-state index is -0.450. The molecule has 4 rings (SSSR count). The summed E-state index contributed by atoms with van der Waals surface area (Å²) in [5.41, 5.74) is 0.943. The Morgan fingerprint density at radius 3 is 2.59 bits per heavy atom. The molecule has 3 amide bonds. The van der Waals surface area contributed by atoms with Crippen molar-refractivity contribution < 1.29 is 14.4 Å². The molecule has 1 N–H and O–H groups in total. The zero-order valence-corrected chi connectivity index (χ0v) is 15.1. The van der Waals surface area contributed by atoms with Gasteiger partial charge in [-0.3, -0.25) is 14.4 Å². The maximum atomic E-state index is 12.8. The van der Waals surface area contributed by atoms with Crippen molar-refractivity contribution in [2.24, 2.45) is 5.92 Å². The van der Waals surface area contributed by atoms with E-state index in [-0.39, 0.29) is 23.3 Å². The third kappa shape index (κ3) is 3.12. The van der Waals surface area contributed by atoms with E-state index in [2.05, 4.69) is 17.2 Å². The van der Waals surface area contributed by atoms with E-state index < -0.39 is 11.8 Å². The molecule has 2 aliphatic rings. The Balaban J connectivity index is 1.58. The largest absolute Gasteiger partial charge is 0.349 e. The lowest BCUT2D eigenvalue weighted by Crippen LogP contribution is -2.41. The number of nitrogens with zero attached hydrogens (tertiary/aromatic N) is 2. The van der Waals surface area contributed by atoms with Crippen molar-refractivity contribution in [2.75, 3.05) is 4.90 Å². The second kappa shape index (κ2) is 6.95. The average molecular weight is 363 g/mol. The van der Waals surface area contributed by atoms with Gasteiger partial charge in [-0.15, -0.1) is 0 Å². The number of benzene rings is 1. The topological polar surface area (TPSA) is 79.4 Å². The smallest absolute Gasteiger partial charge is 0.267 e. The van der Waals surface area contributed by atoms with E-state index in [4.69, 9.17) is 0 Å². The summed E-state index contributed by atoms with van der Waals surface area (Å²) in [6.07, 6.45) is 5.94. The number of rotatable bonds is 3. The van der Waals surface area contributed by atoms with Crippen LogP contribution in [0.1, 0.15) is 63.7 Å². The highest BCUT2D eigenvalue weighted by atomic mass is 16.2. The van der Waals surface area contributed by atoms with Crippen LogP contribution in [0.4, 0.5) is 5.82 Å². The molecular weight excluding hydrogens is 342 g/mol. The molecule has 2 aromatic rings. The number of fused-ring (bicyclic) bond motifs is 1. The zero-order valence-electron chi connectivity index (χ0n) is 15.1. The summed E-state index contributed by atoms with van der Waals surface area (Å²) in [4.78, 5) is 43.2. The summed E-state index contributed by atoms with van der Waals surface area (Å²) in [7, 11) is 0. The van der Waals surface area contributed by atoms with Crippen LogP contribution < -0.4 is 10.2 Å². The average Bonchev–Trinajstić information content (AvgIpc) is 2.94. The molecule has 6 heteroatoms. The Labute approximate surface area is 157 Å². The van der Waals surface area contributed by atoms with Crippen LogP contribution in [0.5, 0.6) is 0 Å². The van der Waals surface area contributed by atoms with Gasteiger partial charge >= 0.3 is 0 Å². The van der Waals surface area contributed by atoms with Crippen molar-refractivity contribution in [3.8, 4) is 0 Å². The fraction of sp³-hybridized carbons (Fsp3) is 0.333. The van der Waals surface area contributed by atoms with E-state index in [1.54, 1.807) is 30.3 Å². The van der Waals surface area contributed by atoms with Gasteiger partial charge in [0.2, 0.25) is 0 Å². The maximum absolute atomic E-state index is 12.8. The Morgan fingerprint density at radius 2 is 1.85 bits per heavy atom. The highest BCUT2D eigenvalue weighted by Gasteiger charge is 2.38. The molecule has 6 nitrogen and oxygen atoms in total. The van der Waals surface area contributed by atoms with Crippen LogP contribution in [0.3, 0.4) is 0 Å². The molecule has 2 unspecified atom stereocenters. The van der Waals surface area contributed by atoms with E-state index >= 15 is 0 Å². The minimum absolute atomic E-state index is 0.154. The van der Waals surface area contributed by atoms with Crippen LogP contribution in [0.2, 0.25) is 0 Å². The summed E-state index contributed by atoms with van der Waals surface area (Å²) < 4.78 is 0. The fourth-order valence-corrected chi connectivity index (χ4v) is 3.86. The molecule has 27 heavy (non-hydrogen) atoms. The van der Waals surface area contributed by atoms with Gasteiger partial charge in [-0.1, -0.05) is 25.8 Å². The second-order valence-electron chi connectivity index (χ2n) is 7.24. The van der Waals surface area contributed by atoms with Crippen LogP contribution in [-0.2, 0) is 0 Å². The van der Waals surface area contributed by atoms with E-state index in [1.165, 1.54) is 18.7 Å². The standard InChI is InChI=1S/C21H21N3O3/c1-13-6-2-3-7-17(13)23-19(25)14-9-10-15-16(12-14)21(27)24(20(15)26)18-8-4-5-11-22-18/h4-5,8-13,17H,2-3,6-7H2,1H3,(H,23,25). The molecule has 0 radical (unpaired) electrons. The number of carbonyl (C=O) groups is 3. The number of carbonyl (C=O) groups excluding carboxylic acids is 3. The number of amides is 3. The van der Waals surface area contributed by atoms with Crippen LogP contribution in [0.25, 0.3) is 0 Å². The lowest BCUT2D eigenvalue weighted by atomic mass is 9.86. The van der Waals surface area contributed by atoms with Gasteiger partial charge in [0.25, 0.3) is 17.7 Å². The van der Waals surface area contributed by atoms with Gasteiger partial charge < -0.3 is 5.32 Å².